The van der Waals surface area contributed by atoms with Crippen LogP contribution < -0.4 is 10.9 Å². The number of allylic oxidation sites excluding steroid dienone is 1. The fourth-order valence-electron chi connectivity index (χ4n) is 4.44. The number of carbonyl (C=O) groups excluding carboxylic acids is 1. The normalized spacial score (nSPS) is 21.0. The van der Waals surface area contributed by atoms with Crippen molar-refractivity contribution in [1.29, 1.82) is 0 Å². The molecule has 164 valence electrons. The van der Waals surface area contributed by atoms with Crippen molar-refractivity contribution in [2.75, 3.05) is 0 Å². The van der Waals surface area contributed by atoms with Gasteiger partial charge in [-0.1, -0.05) is 37.5 Å². The quantitative estimate of drug-likeness (QED) is 0.688. The lowest BCUT2D eigenvalue weighted by molar-refractivity contribution is 0.0922. The molecule has 1 saturated carbocycles. The largest absolute Gasteiger partial charge is 0.507 e. The molecule has 1 atom stereocenters. The van der Waals surface area contributed by atoms with Crippen LogP contribution in [0.1, 0.15) is 66.2 Å². The van der Waals surface area contributed by atoms with E-state index in [1.165, 1.54) is 16.7 Å². The predicted molar refractivity (Wildman–Crippen MR) is 119 cm³/mol. The van der Waals surface area contributed by atoms with Gasteiger partial charge in [0, 0.05) is 18.0 Å². The second-order valence-electron chi connectivity index (χ2n) is 8.70. The average Bonchev–Trinajstić information content (AvgIpc) is 2.73. The molecule has 0 spiro atoms. The first-order valence-electron chi connectivity index (χ1n) is 10.7. The van der Waals surface area contributed by atoms with Gasteiger partial charge in [-0.25, -0.2) is 4.39 Å². The third-order valence-electron chi connectivity index (χ3n) is 6.11. The van der Waals surface area contributed by atoms with Crippen molar-refractivity contribution in [2.45, 2.75) is 62.9 Å². The van der Waals surface area contributed by atoms with Crippen LogP contribution in [-0.4, -0.2) is 26.5 Å². The number of rotatable bonds is 4. The Balaban J connectivity index is 1.79. The Morgan fingerprint density at radius 3 is 2.61 bits per heavy atom. The summed E-state index contributed by atoms with van der Waals surface area (Å²) in [4.78, 5) is 25.7. The number of nitrogens with zero attached hydrogens (tertiary/aromatic N) is 1. The van der Waals surface area contributed by atoms with Gasteiger partial charge in [0.15, 0.2) is 0 Å². The van der Waals surface area contributed by atoms with E-state index >= 15 is 0 Å². The van der Waals surface area contributed by atoms with E-state index in [0.29, 0.717) is 16.8 Å². The number of fused-ring (bicyclic) bond motifs is 1. The maximum absolute atomic E-state index is 13.4. The zero-order valence-electron chi connectivity index (χ0n) is 17.5. The van der Waals surface area contributed by atoms with Crippen molar-refractivity contribution in [3.05, 3.63) is 68.9 Å². The molecule has 4 rings (SSSR count). The van der Waals surface area contributed by atoms with Crippen molar-refractivity contribution in [3.63, 3.8) is 0 Å². The van der Waals surface area contributed by atoms with Crippen LogP contribution in [-0.2, 0) is 13.0 Å². The SMILES string of the molecule is CC1(Cl)C=Cc2c(c(O)c(C(=O)NC3CCCCC3)c(=O)n2Cc2ccc(F)cc2)C1. The molecule has 0 saturated heterocycles. The number of aromatic nitrogens is 1. The van der Waals surface area contributed by atoms with E-state index in [-0.39, 0.29) is 36.1 Å². The Hall–Kier alpha value is -2.60. The summed E-state index contributed by atoms with van der Waals surface area (Å²) < 4.78 is 14.8. The van der Waals surface area contributed by atoms with Gasteiger partial charge in [-0.05, 0) is 43.5 Å². The number of benzene rings is 1. The zero-order valence-corrected chi connectivity index (χ0v) is 18.2. The lowest BCUT2D eigenvalue weighted by atomic mass is 9.90. The number of amides is 1. The van der Waals surface area contributed by atoms with Crippen molar-refractivity contribution < 1.29 is 14.3 Å². The minimum absolute atomic E-state index is 0.000167. The summed E-state index contributed by atoms with van der Waals surface area (Å²) in [5.41, 5.74) is 0.864. The van der Waals surface area contributed by atoms with Gasteiger partial charge in [-0.15, -0.1) is 11.6 Å². The minimum atomic E-state index is -0.736. The molecule has 0 bridgehead atoms. The maximum Gasteiger partial charge on any atom is 0.268 e. The molecular formula is C24H26ClFN2O3. The smallest absolute Gasteiger partial charge is 0.268 e. The van der Waals surface area contributed by atoms with Gasteiger partial charge in [-0.3, -0.25) is 9.59 Å². The number of hydrogen-bond donors (Lipinski definition) is 2. The molecule has 1 heterocycles. The molecule has 1 aromatic carbocycles. The number of alkyl halides is 1. The molecule has 1 aromatic heterocycles. The first-order chi connectivity index (χ1) is 14.7. The lowest BCUT2D eigenvalue weighted by Gasteiger charge is -2.28. The zero-order chi connectivity index (χ0) is 22.2. The van der Waals surface area contributed by atoms with E-state index in [2.05, 4.69) is 5.32 Å². The highest BCUT2D eigenvalue weighted by molar-refractivity contribution is 6.25. The Morgan fingerprint density at radius 1 is 1.26 bits per heavy atom. The lowest BCUT2D eigenvalue weighted by Crippen LogP contribution is -2.41. The van der Waals surface area contributed by atoms with Gasteiger partial charge in [0.05, 0.1) is 17.1 Å². The summed E-state index contributed by atoms with van der Waals surface area (Å²) >= 11 is 6.50. The number of halogens is 2. The minimum Gasteiger partial charge on any atom is -0.507 e. The molecule has 2 aromatic rings. The highest BCUT2D eigenvalue weighted by Crippen LogP contribution is 2.36. The third-order valence-corrected chi connectivity index (χ3v) is 6.37. The monoisotopic (exact) mass is 444 g/mol. The number of pyridine rings is 1. The third kappa shape index (κ3) is 4.54. The standard InChI is InChI=1S/C24H26ClFN2O3/c1-24(25)12-11-19-18(13-24)21(29)20(22(30)27-17-5-3-2-4-6-17)23(31)28(19)14-15-7-9-16(26)10-8-15/h7-12,17,29H,2-6,13-14H2,1H3,(H,27,30). The molecule has 2 aliphatic rings. The van der Waals surface area contributed by atoms with Gasteiger partial charge in [0.2, 0.25) is 0 Å². The van der Waals surface area contributed by atoms with Gasteiger partial charge in [0.25, 0.3) is 11.5 Å². The van der Waals surface area contributed by atoms with Crippen molar-refractivity contribution in [1.82, 2.24) is 9.88 Å². The van der Waals surface area contributed by atoms with Crippen LogP contribution in [0.2, 0.25) is 0 Å². The first kappa shape index (κ1) is 21.6. The molecule has 0 radical (unpaired) electrons. The summed E-state index contributed by atoms with van der Waals surface area (Å²) in [6.45, 7) is 1.96. The summed E-state index contributed by atoms with van der Waals surface area (Å²) in [6, 6.07) is 5.85. The molecule has 1 unspecified atom stereocenters. The molecular weight excluding hydrogens is 419 g/mol. The van der Waals surface area contributed by atoms with Gasteiger partial charge < -0.3 is 15.0 Å². The maximum atomic E-state index is 13.4. The predicted octanol–water partition coefficient (Wildman–Crippen LogP) is 4.37. The molecule has 7 heteroatoms. The van der Waals surface area contributed by atoms with Crippen LogP contribution in [0, 0.1) is 5.82 Å². The molecule has 1 amide bonds. The van der Waals surface area contributed by atoms with Crippen molar-refractivity contribution in [2.24, 2.45) is 0 Å². The van der Waals surface area contributed by atoms with Gasteiger partial charge in [0.1, 0.15) is 17.1 Å². The highest BCUT2D eigenvalue weighted by atomic mass is 35.5. The Labute approximate surface area is 185 Å². The number of nitrogens with one attached hydrogen (secondary N) is 1. The summed E-state index contributed by atoms with van der Waals surface area (Å²) in [7, 11) is 0. The second-order valence-corrected chi connectivity index (χ2v) is 9.57. The van der Waals surface area contributed by atoms with E-state index in [1.807, 2.05) is 6.92 Å². The van der Waals surface area contributed by atoms with E-state index in [4.69, 9.17) is 11.6 Å². The van der Waals surface area contributed by atoms with E-state index in [9.17, 15) is 19.1 Å². The van der Waals surface area contributed by atoms with E-state index in [1.54, 1.807) is 24.3 Å². The van der Waals surface area contributed by atoms with E-state index in [0.717, 1.165) is 32.1 Å². The summed E-state index contributed by atoms with van der Waals surface area (Å²) in [5, 5.41) is 13.9. The van der Waals surface area contributed by atoms with Gasteiger partial charge in [-0.2, -0.15) is 0 Å². The highest BCUT2D eigenvalue weighted by Gasteiger charge is 2.32. The molecule has 31 heavy (non-hydrogen) atoms. The van der Waals surface area contributed by atoms with Crippen molar-refractivity contribution in [3.8, 4) is 5.75 Å². The van der Waals surface area contributed by atoms with Gasteiger partial charge >= 0.3 is 0 Å². The number of aromatic hydroxyl groups is 1. The molecule has 5 nitrogen and oxygen atoms in total. The van der Waals surface area contributed by atoms with Crippen LogP contribution in [0.4, 0.5) is 4.39 Å². The van der Waals surface area contributed by atoms with Crippen LogP contribution in [0.3, 0.4) is 0 Å². The Morgan fingerprint density at radius 2 is 1.94 bits per heavy atom. The van der Waals surface area contributed by atoms with Crippen LogP contribution >= 0.6 is 11.6 Å². The second kappa shape index (κ2) is 8.50. The molecule has 2 N–H and O–H groups in total. The first-order valence-corrected chi connectivity index (χ1v) is 11.0. The topological polar surface area (TPSA) is 71.3 Å². The van der Waals surface area contributed by atoms with Crippen molar-refractivity contribution >= 4 is 23.6 Å². The summed E-state index contributed by atoms with van der Waals surface area (Å²) in [6.07, 6.45) is 8.70. The molecule has 1 fully saturated rings. The van der Waals surface area contributed by atoms with Crippen LogP contribution in [0.25, 0.3) is 6.08 Å². The van der Waals surface area contributed by atoms with Crippen LogP contribution in [0.15, 0.2) is 35.1 Å². The number of hydrogen-bond acceptors (Lipinski definition) is 3. The Bertz CT molecular complexity index is 1080. The molecule has 2 aliphatic carbocycles. The van der Waals surface area contributed by atoms with Crippen LogP contribution in [0.5, 0.6) is 5.75 Å². The fourth-order valence-corrected chi connectivity index (χ4v) is 4.64. The Kier molecular flexibility index (Phi) is 5.93. The average molecular weight is 445 g/mol. The fraction of sp³-hybridized carbons (Fsp3) is 0.417. The molecule has 0 aliphatic heterocycles. The summed E-state index contributed by atoms with van der Waals surface area (Å²) in [5.74, 6) is -1.23. The number of carbonyl (C=O) groups is 1. The van der Waals surface area contributed by atoms with E-state index < -0.39 is 16.3 Å².